The third-order valence-corrected chi connectivity index (χ3v) is 3.87. The molecule has 0 saturated heterocycles. The molecule has 0 spiro atoms. The van der Waals surface area contributed by atoms with Crippen LogP contribution in [0.5, 0.6) is 5.75 Å². The third kappa shape index (κ3) is 5.82. The van der Waals surface area contributed by atoms with Crippen LogP contribution in [-0.4, -0.2) is 25.5 Å². The zero-order chi connectivity index (χ0) is 19.1. The van der Waals surface area contributed by atoms with Gasteiger partial charge in [0.1, 0.15) is 5.75 Å². The summed E-state index contributed by atoms with van der Waals surface area (Å²) in [6, 6.07) is 10.0. The second-order valence-electron chi connectivity index (χ2n) is 5.44. The normalized spacial score (nSPS) is 10.2. The van der Waals surface area contributed by atoms with Crippen LogP contribution in [0, 0.1) is 0 Å². The SMILES string of the molecule is COc1ccc(Cl)cc1NCCC(=O)Nc1cc(Cl)ccc1NC(C)=O. The largest absolute Gasteiger partial charge is 0.495 e. The predicted molar refractivity (Wildman–Crippen MR) is 105 cm³/mol. The number of carbonyl (C=O) groups is 2. The van der Waals surface area contributed by atoms with Crippen molar-refractivity contribution in [3.63, 3.8) is 0 Å². The predicted octanol–water partition coefficient (Wildman–Crippen LogP) is 4.40. The summed E-state index contributed by atoms with van der Waals surface area (Å²) in [5.74, 6) is 0.169. The van der Waals surface area contributed by atoms with Crippen molar-refractivity contribution in [1.82, 2.24) is 0 Å². The molecule has 0 atom stereocenters. The molecule has 0 fully saturated rings. The van der Waals surface area contributed by atoms with E-state index >= 15 is 0 Å². The number of halogens is 2. The van der Waals surface area contributed by atoms with Crippen molar-refractivity contribution in [1.29, 1.82) is 0 Å². The minimum Gasteiger partial charge on any atom is -0.495 e. The molecule has 26 heavy (non-hydrogen) atoms. The lowest BCUT2D eigenvalue weighted by atomic mass is 10.2. The maximum absolute atomic E-state index is 12.2. The average Bonchev–Trinajstić information content (AvgIpc) is 2.57. The molecule has 0 unspecified atom stereocenters. The molecule has 0 aliphatic rings. The van der Waals surface area contributed by atoms with E-state index in [9.17, 15) is 9.59 Å². The molecule has 8 heteroatoms. The lowest BCUT2D eigenvalue weighted by Crippen LogP contribution is -2.18. The van der Waals surface area contributed by atoms with E-state index in [2.05, 4.69) is 16.0 Å². The van der Waals surface area contributed by atoms with E-state index < -0.39 is 0 Å². The zero-order valence-electron chi connectivity index (χ0n) is 14.4. The zero-order valence-corrected chi connectivity index (χ0v) is 15.9. The summed E-state index contributed by atoms with van der Waals surface area (Å²) in [7, 11) is 1.56. The summed E-state index contributed by atoms with van der Waals surface area (Å²) in [5.41, 5.74) is 1.63. The Morgan fingerprint density at radius 2 is 1.62 bits per heavy atom. The van der Waals surface area contributed by atoms with E-state index in [0.717, 1.165) is 0 Å². The van der Waals surface area contributed by atoms with Crippen LogP contribution >= 0.6 is 23.2 Å². The molecule has 138 valence electrons. The summed E-state index contributed by atoms with van der Waals surface area (Å²) >= 11 is 11.9. The molecule has 2 amide bonds. The van der Waals surface area contributed by atoms with Gasteiger partial charge in [0.15, 0.2) is 0 Å². The van der Waals surface area contributed by atoms with Crippen molar-refractivity contribution >= 4 is 52.1 Å². The van der Waals surface area contributed by atoms with Gasteiger partial charge in [-0.25, -0.2) is 0 Å². The van der Waals surface area contributed by atoms with Gasteiger partial charge in [-0.2, -0.15) is 0 Å². The second kappa shape index (κ2) is 9.31. The van der Waals surface area contributed by atoms with Crippen molar-refractivity contribution in [2.45, 2.75) is 13.3 Å². The number of methoxy groups -OCH3 is 1. The molecule has 0 aliphatic carbocycles. The van der Waals surface area contributed by atoms with Crippen molar-refractivity contribution in [3.05, 3.63) is 46.4 Å². The highest BCUT2D eigenvalue weighted by molar-refractivity contribution is 6.31. The Bertz CT molecular complexity index is 812. The van der Waals surface area contributed by atoms with E-state index in [-0.39, 0.29) is 18.2 Å². The van der Waals surface area contributed by atoms with E-state index in [1.807, 2.05) is 0 Å². The Morgan fingerprint density at radius 3 is 2.27 bits per heavy atom. The number of ether oxygens (including phenoxy) is 1. The number of rotatable bonds is 7. The Hall–Kier alpha value is -2.44. The van der Waals surface area contributed by atoms with Gasteiger partial charge in [-0.15, -0.1) is 0 Å². The maximum Gasteiger partial charge on any atom is 0.226 e. The van der Waals surface area contributed by atoms with Crippen LogP contribution in [-0.2, 0) is 9.59 Å². The Balaban J connectivity index is 1.96. The van der Waals surface area contributed by atoms with Gasteiger partial charge in [-0.1, -0.05) is 23.2 Å². The second-order valence-corrected chi connectivity index (χ2v) is 6.31. The highest BCUT2D eigenvalue weighted by Crippen LogP contribution is 2.28. The first-order valence-electron chi connectivity index (χ1n) is 7.83. The number of hydrogen-bond donors (Lipinski definition) is 3. The monoisotopic (exact) mass is 395 g/mol. The van der Waals surface area contributed by atoms with Gasteiger partial charge >= 0.3 is 0 Å². The molecule has 0 saturated carbocycles. The standard InChI is InChI=1S/C18H19Cl2N3O3/c1-11(24)22-14-5-3-12(19)9-15(14)23-18(25)7-8-21-16-10-13(20)4-6-17(16)26-2/h3-6,9-10,21H,7-8H2,1-2H3,(H,22,24)(H,23,25). The van der Waals surface area contributed by atoms with Crippen molar-refractivity contribution in [2.75, 3.05) is 29.6 Å². The van der Waals surface area contributed by atoms with Crippen molar-refractivity contribution in [3.8, 4) is 5.75 Å². The Kier molecular flexibility index (Phi) is 7.12. The molecule has 6 nitrogen and oxygen atoms in total. The lowest BCUT2D eigenvalue weighted by Gasteiger charge is -2.13. The van der Waals surface area contributed by atoms with E-state index in [1.54, 1.807) is 43.5 Å². The molecular weight excluding hydrogens is 377 g/mol. The fourth-order valence-electron chi connectivity index (χ4n) is 2.26. The topological polar surface area (TPSA) is 79.5 Å². The first-order valence-corrected chi connectivity index (χ1v) is 8.59. The van der Waals surface area contributed by atoms with Crippen LogP contribution in [0.3, 0.4) is 0 Å². The highest BCUT2D eigenvalue weighted by Gasteiger charge is 2.10. The van der Waals surface area contributed by atoms with E-state index in [1.165, 1.54) is 6.92 Å². The minimum atomic E-state index is -0.238. The van der Waals surface area contributed by atoms with Crippen LogP contribution in [0.1, 0.15) is 13.3 Å². The van der Waals surface area contributed by atoms with E-state index in [0.29, 0.717) is 39.4 Å². The highest BCUT2D eigenvalue weighted by atomic mass is 35.5. The minimum absolute atomic E-state index is 0.196. The molecule has 0 bridgehead atoms. The molecule has 0 radical (unpaired) electrons. The number of nitrogens with one attached hydrogen (secondary N) is 3. The molecule has 2 rings (SSSR count). The van der Waals surface area contributed by atoms with Crippen LogP contribution in [0.4, 0.5) is 17.1 Å². The third-order valence-electron chi connectivity index (χ3n) is 3.40. The molecule has 0 heterocycles. The molecule has 2 aromatic rings. The summed E-state index contributed by atoms with van der Waals surface area (Å²) in [5, 5.41) is 9.53. The molecule has 0 aromatic heterocycles. The number of hydrogen-bond acceptors (Lipinski definition) is 4. The van der Waals surface area contributed by atoms with Gasteiger partial charge in [-0.05, 0) is 36.4 Å². The quantitative estimate of drug-likeness (QED) is 0.648. The van der Waals surface area contributed by atoms with Crippen molar-refractivity contribution in [2.24, 2.45) is 0 Å². The molecule has 3 N–H and O–H groups in total. The number of benzene rings is 2. The molecule has 0 aliphatic heterocycles. The molecular formula is C18H19Cl2N3O3. The summed E-state index contributed by atoms with van der Waals surface area (Å²) in [6.07, 6.45) is 0.196. The Labute approximate surface area is 161 Å². The summed E-state index contributed by atoms with van der Waals surface area (Å²) < 4.78 is 5.24. The van der Waals surface area contributed by atoms with Crippen LogP contribution < -0.4 is 20.7 Å². The van der Waals surface area contributed by atoms with Gasteiger partial charge in [-0.3, -0.25) is 9.59 Å². The number of amides is 2. The van der Waals surface area contributed by atoms with Gasteiger partial charge in [0, 0.05) is 29.9 Å². The Morgan fingerprint density at radius 1 is 0.962 bits per heavy atom. The number of anilines is 3. The smallest absolute Gasteiger partial charge is 0.226 e. The van der Waals surface area contributed by atoms with Crippen molar-refractivity contribution < 1.29 is 14.3 Å². The van der Waals surface area contributed by atoms with Crippen LogP contribution in [0.15, 0.2) is 36.4 Å². The fourth-order valence-corrected chi connectivity index (χ4v) is 2.60. The maximum atomic E-state index is 12.2. The van der Waals surface area contributed by atoms with Gasteiger partial charge in [0.25, 0.3) is 0 Å². The molecule has 2 aromatic carbocycles. The number of carbonyl (C=O) groups excluding carboxylic acids is 2. The van der Waals surface area contributed by atoms with E-state index in [4.69, 9.17) is 27.9 Å². The van der Waals surface area contributed by atoms with Gasteiger partial charge in [0.2, 0.25) is 11.8 Å². The first-order chi connectivity index (χ1) is 12.4. The van der Waals surface area contributed by atoms with Crippen LogP contribution in [0.25, 0.3) is 0 Å². The fraction of sp³-hybridized carbons (Fsp3) is 0.222. The first kappa shape index (κ1) is 19.9. The van der Waals surface area contributed by atoms with Gasteiger partial charge in [0.05, 0.1) is 24.2 Å². The van der Waals surface area contributed by atoms with Crippen LogP contribution in [0.2, 0.25) is 10.0 Å². The average molecular weight is 396 g/mol. The summed E-state index contributed by atoms with van der Waals surface area (Å²) in [4.78, 5) is 23.5. The lowest BCUT2D eigenvalue weighted by molar-refractivity contribution is -0.116. The summed E-state index contributed by atoms with van der Waals surface area (Å²) in [6.45, 7) is 1.76. The van der Waals surface area contributed by atoms with Gasteiger partial charge < -0.3 is 20.7 Å².